The third kappa shape index (κ3) is 4.16. The predicted octanol–water partition coefficient (Wildman–Crippen LogP) is 3.96. The highest BCUT2D eigenvalue weighted by molar-refractivity contribution is 7.89. The molecule has 4 rings (SSSR count). The Kier molecular flexibility index (Phi) is 6.49. The number of nitrogens with zero attached hydrogens (tertiary/aromatic N) is 1. The average Bonchev–Trinajstić information content (AvgIpc) is 3.39. The number of benzene rings is 2. The van der Waals surface area contributed by atoms with Crippen molar-refractivity contribution in [3.05, 3.63) is 53.1 Å². The van der Waals surface area contributed by atoms with Crippen LogP contribution in [-0.2, 0) is 16.6 Å². The van der Waals surface area contributed by atoms with Gasteiger partial charge in [-0.3, -0.25) is 0 Å². The molecule has 2 aromatic rings. The third-order valence-corrected chi connectivity index (χ3v) is 8.90. The van der Waals surface area contributed by atoms with Crippen LogP contribution in [-0.4, -0.2) is 44.7 Å². The van der Waals surface area contributed by atoms with Gasteiger partial charge in [-0.05, 0) is 73.1 Å². The summed E-state index contributed by atoms with van der Waals surface area (Å²) < 4.78 is 39.9. The lowest BCUT2D eigenvalue weighted by Gasteiger charge is -2.38. The van der Waals surface area contributed by atoms with Crippen molar-refractivity contribution in [2.45, 2.75) is 36.7 Å². The van der Waals surface area contributed by atoms with Gasteiger partial charge in [0.25, 0.3) is 0 Å². The molecule has 2 bridgehead atoms. The van der Waals surface area contributed by atoms with Crippen molar-refractivity contribution in [2.24, 2.45) is 17.8 Å². The Morgan fingerprint density at radius 2 is 1.71 bits per heavy atom. The highest BCUT2D eigenvalue weighted by atomic mass is 35.5. The Balaban J connectivity index is 1.75. The third-order valence-electron chi connectivity index (χ3n) is 6.79. The van der Waals surface area contributed by atoms with Crippen molar-refractivity contribution >= 4 is 21.6 Å². The van der Waals surface area contributed by atoms with E-state index in [2.05, 4.69) is 0 Å². The number of rotatable bonds is 8. The van der Waals surface area contributed by atoms with Crippen molar-refractivity contribution in [2.75, 3.05) is 20.8 Å². The molecular weight excluding hydrogens is 438 g/mol. The van der Waals surface area contributed by atoms with Gasteiger partial charge >= 0.3 is 0 Å². The van der Waals surface area contributed by atoms with Crippen molar-refractivity contribution in [1.29, 1.82) is 0 Å². The minimum absolute atomic E-state index is 0.00952. The second-order valence-electron chi connectivity index (χ2n) is 8.36. The molecule has 8 heteroatoms. The number of ether oxygens (including phenoxy) is 2. The molecule has 2 fully saturated rings. The summed E-state index contributed by atoms with van der Waals surface area (Å²) in [6.07, 6.45) is 3.01. The van der Waals surface area contributed by atoms with E-state index in [-0.39, 0.29) is 35.9 Å². The monoisotopic (exact) mass is 465 g/mol. The number of sulfonamides is 1. The molecule has 0 spiro atoms. The standard InChI is InChI=1S/C23H28ClNO5S/c1-29-21-10-3-15(11-22(21)30-2)13-25(23-17-5-4-16(12-17)20(23)14-26)31(27,28)19-8-6-18(24)7-9-19/h3,6-11,16-17,20,23,26H,4-5,12-14H2,1-2H3/t16-,17+,20+,23?/m1/s1. The molecule has 6 nitrogen and oxygen atoms in total. The fraction of sp³-hybridized carbons (Fsp3) is 0.478. The summed E-state index contributed by atoms with van der Waals surface area (Å²) >= 11 is 5.99. The maximum absolute atomic E-state index is 13.8. The van der Waals surface area contributed by atoms with Crippen LogP contribution in [0.3, 0.4) is 0 Å². The van der Waals surface area contributed by atoms with E-state index in [1.807, 2.05) is 12.1 Å². The SMILES string of the molecule is COc1ccc(CN(C2[C@H]3CC[C@H](C3)[C@@H]2CO)S(=O)(=O)c2ccc(Cl)cc2)cc1OC. The summed E-state index contributed by atoms with van der Waals surface area (Å²) in [5, 5.41) is 10.6. The van der Waals surface area contributed by atoms with Crippen LogP contribution in [0.4, 0.5) is 0 Å². The topological polar surface area (TPSA) is 76.1 Å². The molecule has 1 unspecified atom stereocenters. The van der Waals surface area contributed by atoms with Gasteiger partial charge in [0.05, 0.1) is 19.1 Å². The first-order valence-electron chi connectivity index (χ1n) is 10.5. The molecule has 4 atom stereocenters. The number of aliphatic hydroxyl groups excluding tert-OH is 1. The zero-order valence-corrected chi connectivity index (χ0v) is 19.3. The summed E-state index contributed by atoms with van der Waals surface area (Å²) in [5.41, 5.74) is 0.801. The van der Waals surface area contributed by atoms with Crippen molar-refractivity contribution in [1.82, 2.24) is 4.31 Å². The molecule has 168 valence electrons. The lowest BCUT2D eigenvalue weighted by atomic mass is 9.85. The Hall–Kier alpha value is -1.80. The Morgan fingerprint density at radius 3 is 2.35 bits per heavy atom. The van der Waals surface area contributed by atoms with E-state index in [4.69, 9.17) is 21.1 Å². The highest BCUT2D eigenvalue weighted by Crippen LogP contribution is 2.51. The zero-order chi connectivity index (χ0) is 22.2. The molecule has 2 saturated carbocycles. The van der Waals surface area contributed by atoms with E-state index in [9.17, 15) is 13.5 Å². The van der Waals surface area contributed by atoms with Crippen LogP contribution in [0.1, 0.15) is 24.8 Å². The highest BCUT2D eigenvalue weighted by Gasteiger charge is 2.52. The molecule has 2 aliphatic rings. The van der Waals surface area contributed by atoms with Crippen LogP contribution in [0, 0.1) is 17.8 Å². The number of fused-ring (bicyclic) bond motifs is 2. The normalized spacial score (nSPS) is 25.2. The average molecular weight is 466 g/mol. The number of aliphatic hydroxyl groups is 1. The second-order valence-corrected chi connectivity index (χ2v) is 10.7. The van der Waals surface area contributed by atoms with Gasteiger partial charge in [-0.25, -0.2) is 8.42 Å². The maximum atomic E-state index is 13.8. The summed E-state index contributed by atoms with van der Waals surface area (Å²) in [4.78, 5) is 0.205. The number of methoxy groups -OCH3 is 2. The van der Waals surface area contributed by atoms with E-state index in [0.717, 1.165) is 24.8 Å². The van der Waals surface area contributed by atoms with Crippen LogP contribution in [0.25, 0.3) is 0 Å². The summed E-state index contributed by atoms with van der Waals surface area (Å²) in [7, 11) is -0.686. The van der Waals surface area contributed by atoms with Gasteiger partial charge in [-0.1, -0.05) is 17.7 Å². The van der Waals surface area contributed by atoms with E-state index in [1.165, 1.54) is 0 Å². The van der Waals surface area contributed by atoms with Gasteiger partial charge < -0.3 is 14.6 Å². The van der Waals surface area contributed by atoms with Crippen LogP contribution < -0.4 is 9.47 Å². The van der Waals surface area contributed by atoms with Gasteiger partial charge in [0, 0.05) is 30.1 Å². The smallest absolute Gasteiger partial charge is 0.243 e. The number of hydrogen-bond acceptors (Lipinski definition) is 5. The van der Waals surface area contributed by atoms with E-state index in [0.29, 0.717) is 22.4 Å². The van der Waals surface area contributed by atoms with E-state index in [1.54, 1.807) is 48.9 Å². The van der Waals surface area contributed by atoms with Gasteiger partial charge in [0.1, 0.15) is 0 Å². The molecular formula is C23H28ClNO5S. The molecule has 31 heavy (non-hydrogen) atoms. The van der Waals surface area contributed by atoms with Gasteiger partial charge in [0.2, 0.25) is 10.0 Å². The number of hydrogen-bond donors (Lipinski definition) is 1. The second kappa shape index (κ2) is 8.98. The molecule has 0 aromatic heterocycles. The fourth-order valence-corrected chi connectivity index (χ4v) is 7.18. The molecule has 2 aliphatic carbocycles. The summed E-state index contributed by atoms with van der Waals surface area (Å²) in [6, 6.07) is 11.5. The van der Waals surface area contributed by atoms with Crippen LogP contribution >= 0.6 is 11.6 Å². The molecule has 0 heterocycles. The van der Waals surface area contributed by atoms with Gasteiger partial charge in [0.15, 0.2) is 11.5 Å². The van der Waals surface area contributed by atoms with Crippen LogP contribution in [0.2, 0.25) is 5.02 Å². The summed E-state index contributed by atoms with van der Waals surface area (Å²) in [5.74, 6) is 1.71. The first-order valence-corrected chi connectivity index (χ1v) is 12.3. The van der Waals surface area contributed by atoms with Crippen LogP contribution in [0.5, 0.6) is 11.5 Å². The van der Waals surface area contributed by atoms with Crippen molar-refractivity contribution < 1.29 is 23.0 Å². The maximum Gasteiger partial charge on any atom is 0.243 e. The molecule has 0 radical (unpaired) electrons. The first-order chi connectivity index (χ1) is 14.9. The fourth-order valence-electron chi connectivity index (χ4n) is 5.34. The summed E-state index contributed by atoms with van der Waals surface area (Å²) in [6.45, 7) is 0.181. The molecule has 1 N–H and O–H groups in total. The first kappa shape index (κ1) is 22.4. The molecule has 0 amide bonds. The predicted molar refractivity (Wildman–Crippen MR) is 119 cm³/mol. The van der Waals surface area contributed by atoms with E-state index >= 15 is 0 Å². The lowest BCUT2D eigenvalue weighted by Crippen LogP contribution is -2.48. The zero-order valence-electron chi connectivity index (χ0n) is 17.7. The largest absolute Gasteiger partial charge is 0.493 e. The van der Waals surface area contributed by atoms with E-state index < -0.39 is 10.0 Å². The molecule has 2 aromatic carbocycles. The molecule has 0 saturated heterocycles. The minimum atomic E-state index is -3.81. The van der Waals surface area contributed by atoms with Crippen molar-refractivity contribution in [3.63, 3.8) is 0 Å². The number of halogens is 1. The Morgan fingerprint density at radius 1 is 1.03 bits per heavy atom. The van der Waals surface area contributed by atoms with Gasteiger partial charge in [-0.15, -0.1) is 0 Å². The van der Waals surface area contributed by atoms with Crippen molar-refractivity contribution in [3.8, 4) is 11.5 Å². The lowest BCUT2D eigenvalue weighted by molar-refractivity contribution is 0.101. The Labute approximate surface area is 188 Å². The minimum Gasteiger partial charge on any atom is -0.493 e. The van der Waals surface area contributed by atoms with Crippen LogP contribution in [0.15, 0.2) is 47.4 Å². The van der Waals surface area contributed by atoms with Gasteiger partial charge in [-0.2, -0.15) is 4.31 Å². The Bertz CT molecular complexity index is 1030. The quantitative estimate of drug-likeness (QED) is 0.638. The molecule has 0 aliphatic heterocycles.